The van der Waals surface area contributed by atoms with E-state index in [2.05, 4.69) is 15.0 Å². The van der Waals surface area contributed by atoms with Crippen LogP contribution in [0.2, 0.25) is 0 Å². The summed E-state index contributed by atoms with van der Waals surface area (Å²) in [7, 11) is 0. The van der Waals surface area contributed by atoms with Crippen molar-refractivity contribution < 1.29 is 9.84 Å². The highest BCUT2D eigenvalue weighted by molar-refractivity contribution is 4.96. The summed E-state index contributed by atoms with van der Waals surface area (Å²) in [6.45, 7) is 2.28. The first-order chi connectivity index (χ1) is 4.83. The number of hydrogen-bond acceptors (Lipinski definition) is 5. The largest absolute Gasteiger partial charge is 0.479 e. The highest BCUT2D eigenvalue weighted by Crippen LogP contribution is 2.02. The number of hydrogen-bond donors (Lipinski definition) is 1. The zero-order chi connectivity index (χ0) is 7.40. The van der Waals surface area contributed by atoms with E-state index in [1.54, 1.807) is 6.92 Å². The normalized spacial score (nSPS) is 9.30. The Labute approximate surface area is 57.7 Å². The van der Waals surface area contributed by atoms with E-state index in [-0.39, 0.29) is 12.0 Å². The number of aromatic hydroxyl groups is 1. The summed E-state index contributed by atoms with van der Waals surface area (Å²) in [6.07, 6.45) is 1.19. The van der Waals surface area contributed by atoms with Gasteiger partial charge in [0.1, 0.15) is 6.33 Å². The van der Waals surface area contributed by atoms with E-state index in [0.717, 1.165) is 0 Å². The maximum Gasteiger partial charge on any atom is 0.322 e. The van der Waals surface area contributed by atoms with E-state index >= 15 is 0 Å². The molecule has 0 spiro atoms. The van der Waals surface area contributed by atoms with Gasteiger partial charge in [0.05, 0.1) is 6.61 Å². The van der Waals surface area contributed by atoms with Crippen LogP contribution in [0.1, 0.15) is 6.92 Å². The predicted octanol–water partition coefficient (Wildman–Crippen LogP) is -0.0241. The summed E-state index contributed by atoms with van der Waals surface area (Å²) >= 11 is 0. The lowest BCUT2D eigenvalue weighted by Gasteiger charge is -1.97. The SMILES string of the molecule is CCOc1ncnc(O)n1. The van der Waals surface area contributed by atoms with Crippen LogP contribution in [0.4, 0.5) is 0 Å². The Morgan fingerprint density at radius 2 is 2.40 bits per heavy atom. The van der Waals surface area contributed by atoms with Gasteiger partial charge in [0.25, 0.3) is 0 Å². The molecular weight excluding hydrogens is 134 g/mol. The molecule has 5 nitrogen and oxygen atoms in total. The third-order valence-electron chi connectivity index (χ3n) is 0.810. The second-order valence-electron chi connectivity index (χ2n) is 1.50. The second-order valence-corrected chi connectivity index (χ2v) is 1.50. The van der Waals surface area contributed by atoms with Crippen LogP contribution < -0.4 is 4.74 Å². The molecule has 0 amide bonds. The summed E-state index contributed by atoms with van der Waals surface area (Å²) in [4.78, 5) is 10.5. The molecular formula is C5H7N3O2. The van der Waals surface area contributed by atoms with E-state index in [0.29, 0.717) is 6.61 Å². The predicted molar refractivity (Wildman–Crippen MR) is 32.7 cm³/mol. The minimum Gasteiger partial charge on any atom is -0.479 e. The van der Waals surface area contributed by atoms with E-state index in [1.165, 1.54) is 6.33 Å². The minimum absolute atomic E-state index is 0.148. The topological polar surface area (TPSA) is 68.1 Å². The van der Waals surface area contributed by atoms with Crippen molar-refractivity contribution in [3.63, 3.8) is 0 Å². The van der Waals surface area contributed by atoms with E-state index in [4.69, 9.17) is 9.84 Å². The van der Waals surface area contributed by atoms with E-state index < -0.39 is 0 Å². The molecule has 1 heterocycles. The number of ether oxygens (including phenoxy) is 1. The Hall–Kier alpha value is -1.39. The Kier molecular flexibility index (Phi) is 1.99. The molecule has 0 radical (unpaired) electrons. The van der Waals surface area contributed by atoms with Gasteiger partial charge in [0, 0.05) is 0 Å². The summed E-state index contributed by atoms with van der Waals surface area (Å²) in [5.41, 5.74) is 0. The molecule has 10 heavy (non-hydrogen) atoms. The molecule has 1 rings (SSSR count). The summed E-state index contributed by atoms with van der Waals surface area (Å²) in [6, 6.07) is -0.173. The van der Waals surface area contributed by atoms with Crippen molar-refractivity contribution >= 4 is 0 Å². The van der Waals surface area contributed by atoms with Crippen LogP contribution in [0, 0.1) is 0 Å². The zero-order valence-corrected chi connectivity index (χ0v) is 5.48. The fourth-order valence-corrected chi connectivity index (χ4v) is 0.472. The Morgan fingerprint density at radius 3 is 3.00 bits per heavy atom. The van der Waals surface area contributed by atoms with Gasteiger partial charge in [-0.3, -0.25) is 0 Å². The second kappa shape index (κ2) is 2.95. The van der Waals surface area contributed by atoms with E-state index in [9.17, 15) is 0 Å². The third kappa shape index (κ3) is 1.54. The Morgan fingerprint density at radius 1 is 1.60 bits per heavy atom. The maximum atomic E-state index is 8.70. The Balaban J connectivity index is 2.75. The van der Waals surface area contributed by atoms with Crippen LogP contribution in [-0.2, 0) is 0 Å². The molecule has 1 aromatic heterocycles. The summed E-state index contributed by atoms with van der Waals surface area (Å²) < 4.78 is 4.86. The number of aromatic nitrogens is 3. The summed E-state index contributed by atoms with van der Waals surface area (Å²) in [5, 5.41) is 8.70. The van der Waals surface area contributed by atoms with Crippen LogP contribution in [0.15, 0.2) is 6.33 Å². The van der Waals surface area contributed by atoms with Gasteiger partial charge in [0.2, 0.25) is 0 Å². The molecule has 0 bridgehead atoms. The molecule has 0 fully saturated rings. The van der Waals surface area contributed by atoms with Gasteiger partial charge >= 0.3 is 12.0 Å². The van der Waals surface area contributed by atoms with Crippen molar-refractivity contribution in [2.45, 2.75) is 6.92 Å². The summed E-state index contributed by atoms with van der Waals surface area (Å²) in [5.74, 6) is 0. The van der Waals surface area contributed by atoms with Gasteiger partial charge in [-0.1, -0.05) is 0 Å². The zero-order valence-electron chi connectivity index (χ0n) is 5.48. The lowest BCUT2D eigenvalue weighted by atomic mass is 10.8. The molecule has 0 aliphatic carbocycles. The highest BCUT2D eigenvalue weighted by Gasteiger charge is 1.96. The van der Waals surface area contributed by atoms with Crippen LogP contribution in [0.3, 0.4) is 0 Å². The fraction of sp³-hybridized carbons (Fsp3) is 0.400. The molecule has 0 unspecified atom stereocenters. The molecule has 5 heteroatoms. The maximum absolute atomic E-state index is 8.70. The molecule has 0 saturated carbocycles. The number of rotatable bonds is 2. The smallest absolute Gasteiger partial charge is 0.322 e. The van der Waals surface area contributed by atoms with Crippen molar-refractivity contribution in [3.05, 3.63) is 6.33 Å². The molecule has 0 saturated heterocycles. The van der Waals surface area contributed by atoms with Gasteiger partial charge in [-0.15, -0.1) is 4.98 Å². The Bertz CT molecular complexity index is 216. The standard InChI is InChI=1S/C5H7N3O2/c1-2-10-5-7-3-6-4(9)8-5/h3H,2H2,1H3,(H,6,7,8,9). The first kappa shape index (κ1) is 6.73. The van der Waals surface area contributed by atoms with Crippen molar-refractivity contribution in [2.24, 2.45) is 0 Å². The van der Waals surface area contributed by atoms with Gasteiger partial charge in [-0.05, 0) is 6.92 Å². The molecule has 0 aliphatic rings. The van der Waals surface area contributed by atoms with Gasteiger partial charge in [0.15, 0.2) is 0 Å². The van der Waals surface area contributed by atoms with Crippen LogP contribution in [0.5, 0.6) is 12.0 Å². The van der Waals surface area contributed by atoms with Crippen LogP contribution in [-0.4, -0.2) is 26.7 Å². The molecule has 1 aromatic rings. The molecule has 0 atom stereocenters. The van der Waals surface area contributed by atoms with Crippen molar-refractivity contribution in [2.75, 3.05) is 6.61 Å². The van der Waals surface area contributed by atoms with Gasteiger partial charge < -0.3 is 9.84 Å². The van der Waals surface area contributed by atoms with Crippen molar-refractivity contribution in [1.82, 2.24) is 15.0 Å². The van der Waals surface area contributed by atoms with Crippen LogP contribution in [0.25, 0.3) is 0 Å². The van der Waals surface area contributed by atoms with Gasteiger partial charge in [-0.25, -0.2) is 0 Å². The molecule has 0 aromatic carbocycles. The highest BCUT2D eigenvalue weighted by atomic mass is 16.5. The average Bonchev–Trinajstić information content (AvgIpc) is 1.88. The van der Waals surface area contributed by atoms with Crippen molar-refractivity contribution in [3.8, 4) is 12.0 Å². The van der Waals surface area contributed by atoms with Crippen LogP contribution >= 0.6 is 0 Å². The van der Waals surface area contributed by atoms with Crippen molar-refractivity contribution in [1.29, 1.82) is 0 Å². The molecule has 1 N–H and O–H groups in total. The monoisotopic (exact) mass is 141 g/mol. The lowest BCUT2D eigenvalue weighted by Crippen LogP contribution is -1.97. The quantitative estimate of drug-likeness (QED) is 0.626. The molecule has 0 aliphatic heterocycles. The minimum atomic E-state index is -0.321. The average molecular weight is 141 g/mol. The molecule has 54 valence electrons. The first-order valence-corrected chi connectivity index (χ1v) is 2.83. The number of nitrogens with zero attached hydrogens (tertiary/aromatic N) is 3. The van der Waals surface area contributed by atoms with Gasteiger partial charge in [-0.2, -0.15) is 9.97 Å². The third-order valence-corrected chi connectivity index (χ3v) is 0.810. The first-order valence-electron chi connectivity index (χ1n) is 2.83. The van der Waals surface area contributed by atoms with E-state index in [1.807, 2.05) is 0 Å². The fourth-order valence-electron chi connectivity index (χ4n) is 0.472. The lowest BCUT2D eigenvalue weighted by molar-refractivity contribution is 0.301.